The Kier molecular flexibility index (Phi) is 1.64. The van der Waals surface area contributed by atoms with E-state index in [0.29, 0.717) is 6.42 Å². The van der Waals surface area contributed by atoms with E-state index in [1.165, 1.54) is 0 Å². The highest BCUT2D eigenvalue weighted by molar-refractivity contribution is 5.42. The molecule has 0 heterocycles. The lowest BCUT2D eigenvalue weighted by Gasteiger charge is -2.18. The van der Waals surface area contributed by atoms with Gasteiger partial charge in [0.1, 0.15) is 0 Å². The second kappa shape index (κ2) is 2.58. The van der Waals surface area contributed by atoms with Crippen molar-refractivity contribution in [3.8, 4) is 6.07 Å². The molecule has 0 bridgehead atoms. The summed E-state index contributed by atoms with van der Waals surface area (Å²) in [6.45, 7) is 1.90. The van der Waals surface area contributed by atoms with E-state index >= 15 is 0 Å². The highest BCUT2D eigenvalue weighted by Gasteiger charge is 2.41. The first kappa shape index (κ1) is 8.28. The van der Waals surface area contributed by atoms with E-state index in [4.69, 9.17) is 5.26 Å². The molecule has 1 aliphatic carbocycles. The lowest BCUT2D eigenvalue weighted by Crippen LogP contribution is -2.29. The average Bonchev–Trinajstić information content (AvgIpc) is 2.41. The van der Waals surface area contributed by atoms with Crippen molar-refractivity contribution in [2.45, 2.75) is 24.9 Å². The summed E-state index contributed by atoms with van der Waals surface area (Å²) in [5.74, 6) is -0.0753. The smallest absolute Gasteiger partial charge is 0.161 e. The van der Waals surface area contributed by atoms with Gasteiger partial charge in [0.15, 0.2) is 5.60 Å². The minimum Gasteiger partial charge on any atom is -0.374 e. The molecule has 0 amide bonds. The molecule has 0 saturated carbocycles. The van der Waals surface area contributed by atoms with E-state index in [9.17, 15) is 5.11 Å². The fourth-order valence-electron chi connectivity index (χ4n) is 1.95. The monoisotopic (exact) mass is 173 g/mol. The van der Waals surface area contributed by atoms with Gasteiger partial charge in [0.2, 0.25) is 0 Å². The predicted octanol–water partition coefficient (Wildman–Crippen LogP) is 1.60. The highest BCUT2D eigenvalue weighted by Crippen LogP contribution is 2.39. The topological polar surface area (TPSA) is 44.0 Å². The van der Waals surface area contributed by atoms with Gasteiger partial charge in [-0.15, -0.1) is 0 Å². The molecule has 2 rings (SSSR count). The molecule has 0 radical (unpaired) electrons. The van der Waals surface area contributed by atoms with Crippen molar-refractivity contribution in [1.82, 2.24) is 0 Å². The third kappa shape index (κ3) is 1.05. The number of hydrogen-bond donors (Lipinski definition) is 1. The van der Waals surface area contributed by atoms with Gasteiger partial charge in [-0.25, -0.2) is 0 Å². The Morgan fingerprint density at radius 2 is 2.23 bits per heavy atom. The van der Waals surface area contributed by atoms with Crippen LogP contribution in [-0.2, 0) is 6.42 Å². The Morgan fingerprint density at radius 3 is 2.85 bits per heavy atom. The zero-order valence-corrected chi connectivity index (χ0v) is 7.49. The zero-order valence-electron chi connectivity index (χ0n) is 7.49. The number of nitrogens with zero attached hydrogens (tertiary/aromatic N) is 1. The van der Waals surface area contributed by atoms with Gasteiger partial charge < -0.3 is 5.11 Å². The van der Waals surface area contributed by atoms with Crippen molar-refractivity contribution in [1.29, 1.82) is 5.26 Å². The van der Waals surface area contributed by atoms with E-state index < -0.39 is 5.60 Å². The lowest BCUT2D eigenvalue weighted by atomic mass is 9.91. The maximum Gasteiger partial charge on any atom is 0.161 e. The van der Waals surface area contributed by atoms with Gasteiger partial charge >= 0.3 is 0 Å². The van der Waals surface area contributed by atoms with E-state index in [1.54, 1.807) is 0 Å². The molecule has 66 valence electrons. The largest absolute Gasteiger partial charge is 0.374 e. The molecule has 1 aliphatic rings. The van der Waals surface area contributed by atoms with Crippen LogP contribution in [0.1, 0.15) is 24.0 Å². The summed E-state index contributed by atoms with van der Waals surface area (Å²) in [4.78, 5) is 0. The van der Waals surface area contributed by atoms with Crippen LogP contribution in [0, 0.1) is 11.3 Å². The van der Waals surface area contributed by atoms with Gasteiger partial charge in [0.25, 0.3) is 0 Å². The molecule has 2 atom stereocenters. The van der Waals surface area contributed by atoms with E-state index in [-0.39, 0.29) is 5.92 Å². The summed E-state index contributed by atoms with van der Waals surface area (Å²) in [7, 11) is 0. The first-order valence-electron chi connectivity index (χ1n) is 4.39. The third-order valence-electron chi connectivity index (χ3n) is 2.89. The predicted molar refractivity (Wildman–Crippen MR) is 49.1 cm³/mol. The molecule has 2 heteroatoms. The van der Waals surface area contributed by atoms with Crippen LogP contribution < -0.4 is 0 Å². The number of aliphatic hydroxyl groups is 1. The minimum absolute atomic E-state index is 0.0753. The van der Waals surface area contributed by atoms with Crippen molar-refractivity contribution in [3.05, 3.63) is 35.4 Å². The van der Waals surface area contributed by atoms with Crippen LogP contribution in [-0.4, -0.2) is 10.7 Å². The SMILES string of the molecule is CC1c2ccccc2C[C@]1(O)C#N. The van der Waals surface area contributed by atoms with Crippen LogP contribution in [0.15, 0.2) is 24.3 Å². The Balaban J connectivity index is 2.51. The summed E-state index contributed by atoms with van der Waals surface area (Å²) >= 11 is 0. The molecule has 1 aromatic rings. The quantitative estimate of drug-likeness (QED) is 0.605. The summed E-state index contributed by atoms with van der Waals surface area (Å²) in [6.07, 6.45) is 0.459. The van der Waals surface area contributed by atoms with Crippen LogP contribution >= 0.6 is 0 Å². The van der Waals surface area contributed by atoms with Crippen LogP contribution in [0.2, 0.25) is 0 Å². The number of benzene rings is 1. The molecule has 1 N–H and O–H groups in total. The molecular weight excluding hydrogens is 162 g/mol. The molecule has 0 aliphatic heterocycles. The van der Waals surface area contributed by atoms with Gasteiger partial charge in [-0.3, -0.25) is 0 Å². The second-order valence-electron chi connectivity index (χ2n) is 3.63. The molecule has 1 unspecified atom stereocenters. The maximum atomic E-state index is 9.93. The van der Waals surface area contributed by atoms with E-state index in [0.717, 1.165) is 11.1 Å². The fraction of sp³-hybridized carbons (Fsp3) is 0.364. The summed E-state index contributed by atoms with van der Waals surface area (Å²) in [6, 6.07) is 9.83. The van der Waals surface area contributed by atoms with Crippen LogP contribution in [0.4, 0.5) is 0 Å². The summed E-state index contributed by atoms with van der Waals surface area (Å²) in [5.41, 5.74) is 1.01. The number of fused-ring (bicyclic) bond motifs is 1. The molecule has 0 saturated heterocycles. The van der Waals surface area contributed by atoms with Gasteiger partial charge in [0.05, 0.1) is 6.07 Å². The Labute approximate surface area is 77.4 Å². The average molecular weight is 173 g/mol. The fourth-order valence-corrected chi connectivity index (χ4v) is 1.95. The maximum absolute atomic E-state index is 9.93. The van der Waals surface area contributed by atoms with Crippen LogP contribution in [0.3, 0.4) is 0 Å². The number of nitriles is 1. The Hall–Kier alpha value is -1.33. The highest BCUT2D eigenvalue weighted by atomic mass is 16.3. The van der Waals surface area contributed by atoms with Crippen molar-refractivity contribution in [2.24, 2.45) is 0 Å². The standard InChI is InChI=1S/C11H11NO/c1-8-10-5-3-2-4-9(10)6-11(8,13)7-12/h2-5,8,13H,6H2,1H3/t8?,11-/m0/s1. The molecule has 0 spiro atoms. The molecule has 0 fully saturated rings. The Morgan fingerprint density at radius 1 is 1.54 bits per heavy atom. The summed E-state index contributed by atoms with van der Waals surface area (Å²) in [5, 5.41) is 18.8. The lowest BCUT2D eigenvalue weighted by molar-refractivity contribution is 0.0874. The Bertz CT molecular complexity index is 380. The van der Waals surface area contributed by atoms with E-state index in [1.807, 2.05) is 37.3 Å². The van der Waals surface area contributed by atoms with Gasteiger partial charge in [-0.2, -0.15) is 5.26 Å². The second-order valence-corrected chi connectivity index (χ2v) is 3.63. The van der Waals surface area contributed by atoms with Crippen molar-refractivity contribution < 1.29 is 5.11 Å². The first-order chi connectivity index (χ1) is 6.17. The van der Waals surface area contributed by atoms with Crippen molar-refractivity contribution in [3.63, 3.8) is 0 Å². The first-order valence-corrected chi connectivity index (χ1v) is 4.39. The van der Waals surface area contributed by atoms with Crippen LogP contribution in [0.25, 0.3) is 0 Å². The number of hydrogen-bond acceptors (Lipinski definition) is 2. The molecule has 0 aromatic heterocycles. The van der Waals surface area contributed by atoms with Gasteiger partial charge in [-0.1, -0.05) is 31.2 Å². The zero-order chi connectivity index (χ0) is 9.47. The van der Waals surface area contributed by atoms with Crippen LogP contribution in [0.5, 0.6) is 0 Å². The number of rotatable bonds is 0. The van der Waals surface area contributed by atoms with Crippen molar-refractivity contribution >= 4 is 0 Å². The van der Waals surface area contributed by atoms with E-state index in [2.05, 4.69) is 0 Å². The molecule has 1 aromatic carbocycles. The van der Waals surface area contributed by atoms with Crippen molar-refractivity contribution in [2.75, 3.05) is 0 Å². The summed E-state index contributed by atoms with van der Waals surface area (Å²) < 4.78 is 0. The minimum atomic E-state index is -1.19. The van der Waals surface area contributed by atoms with Gasteiger partial charge in [-0.05, 0) is 11.1 Å². The molecular formula is C11H11NO. The molecule has 13 heavy (non-hydrogen) atoms. The normalized spacial score (nSPS) is 31.0. The third-order valence-corrected chi connectivity index (χ3v) is 2.89. The molecule has 2 nitrogen and oxygen atoms in total. The van der Waals surface area contributed by atoms with Gasteiger partial charge in [0, 0.05) is 12.3 Å².